The number of nitrogens with zero attached hydrogens (tertiary/aromatic N) is 1. The number of hydrogen-bond donors (Lipinski definition) is 1. The molecule has 0 radical (unpaired) electrons. The molecule has 2 N–H and O–H groups in total. The third kappa shape index (κ3) is 4.56. The van der Waals surface area contributed by atoms with Crippen LogP contribution in [0.15, 0.2) is 41.3 Å². The van der Waals surface area contributed by atoms with Gasteiger partial charge in [0.15, 0.2) is 0 Å². The number of aromatic nitrogens is 1. The summed E-state index contributed by atoms with van der Waals surface area (Å²) in [5, 5.41) is 0. The molecule has 0 bridgehead atoms. The molecule has 0 saturated heterocycles. The van der Waals surface area contributed by atoms with Gasteiger partial charge in [0.25, 0.3) is 0 Å². The van der Waals surface area contributed by atoms with Gasteiger partial charge in [-0.15, -0.1) is 11.8 Å². The fourth-order valence-corrected chi connectivity index (χ4v) is 2.03. The Hall–Kier alpha value is -1.88. The second-order valence-electron chi connectivity index (χ2n) is 5.03. The Kier molecular flexibility index (Phi) is 5.33. The Morgan fingerprint density at radius 2 is 1.86 bits per heavy atom. The molecule has 1 aromatic heterocycles. The van der Waals surface area contributed by atoms with Crippen molar-refractivity contribution in [3.8, 4) is 17.5 Å². The quantitative estimate of drug-likeness (QED) is 0.810. The average molecular weight is 304 g/mol. The lowest BCUT2D eigenvalue weighted by atomic mass is 10.2. The summed E-state index contributed by atoms with van der Waals surface area (Å²) < 4.78 is 11.3. The van der Waals surface area contributed by atoms with Crippen molar-refractivity contribution < 1.29 is 9.47 Å². The smallest absolute Gasteiger partial charge is 0.240 e. The van der Waals surface area contributed by atoms with E-state index < -0.39 is 0 Å². The molecule has 1 aromatic carbocycles. The van der Waals surface area contributed by atoms with E-state index in [4.69, 9.17) is 15.2 Å². The number of anilines is 1. The van der Waals surface area contributed by atoms with Crippen LogP contribution in [-0.4, -0.2) is 17.8 Å². The van der Waals surface area contributed by atoms with Crippen molar-refractivity contribution in [1.82, 2.24) is 4.98 Å². The summed E-state index contributed by atoms with van der Waals surface area (Å²) in [5.41, 5.74) is 6.38. The van der Waals surface area contributed by atoms with Crippen LogP contribution in [0.2, 0.25) is 0 Å². The van der Waals surface area contributed by atoms with Gasteiger partial charge < -0.3 is 15.2 Å². The Morgan fingerprint density at radius 1 is 1.14 bits per heavy atom. The average Bonchev–Trinajstić information content (AvgIpc) is 2.48. The fraction of sp³-hybridized carbons (Fsp3) is 0.312. The van der Waals surface area contributed by atoms with Gasteiger partial charge in [-0.25, -0.2) is 0 Å². The first-order valence-electron chi connectivity index (χ1n) is 6.79. The van der Waals surface area contributed by atoms with Gasteiger partial charge in [-0.1, -0.05) is 13.8 Å². The highest BCUT2D eigenvalue weighted by atomic mass is 32.2. The highest BCUT2D eigenvalue weighted by molar-refractivity contribution is 7.98. The van der Waals surface area contributed by atoms with Crippen molar-refractivity contribution in [3.63, 3.8) is 0 Å². The van der Waals surface area contributed by atoms with E-state index in [2.05, 4.69) is 18.8 Å². The number of nitrogens with two attached hydrogens (primary N) is 1. The maximum Gasteiger partial charge on any atom is 0.240 e. The lowest BCUT2D eigenvalue weighted by Gasteiger charge is -2.11. The molecule has 0 unspecified atom stereocenters. The molecule has 4 nitrogen and oxygen atoms in total. The van der Waals surface area contributed by atoms with E-state index in [0.29, 0.717) is 30.0 Å². The molecule has 0 saturated carbocycles. The first-order chi connectivity index (χ1) is 10.1. The van der Waals surface area contributed by atoms with E-state index in [-0.39, 0.29) is 0 Å². The topological polar surface area (TPSA) is 57.4 Å². The highest BCUT2D eigenvalue weighted by Crippen LogP contribution is 2.27. The van der Waals surface area contributed by atoms with Crippen molar-refractivity contribution in [2.75, 3.05) is 18.6 Å². The van der Waals surface area contributed by atoms with E-state index >= 15 is 0 Å². The standard InChI is InChI=1S/C16H20N2O2S/c1-11(2)10-19-16-14(17)8-9-15(18-16)20-12-4-6-13(21-3)7-5-12/h4-9,11H,10,17H2,1-3H3. The van der Waals surface area contributed by atoms with Gasteiger partial charge in [-0.05, 0) is 42.5 Å². The van der Waals surface area contributed by atoms with Crippen LogP contribution in [0.3, 0.4) is 0 Å². The van der Waals surface area contributed by atoms with E-state index in [0.717, 1.165) is 5.75 Å². The van der Waals surface area contributed by atoms with Crippen molar-refractivity contribution in [2.24, 2.45) is 5.92 Å². The van der Waals surface area contributed by atoms with Crippen LogP contribution in [0.1, 0.15) is 13.8 Å². The molecule has 0 atom stereocenters. The van der Waals surface area contributed by atoms with Gasteiger partial charge in [0, 0.05) is 11.0 Å². The summed E-state index contributed by atoms with van der Waals surface area (Å²) in [6.07, 6.45) is 2.04. The molecule has 0 aliphatic rings. The minimum atomic E-state index is 0.412. The zero-order valence-corrected chi connectivity index (χ0v) is 13.3. The summed E-state index contributed by atoms with van der Waals surface area (Å²) in [4.78, 5) is 5.50. The molecule has 0 amide bonds. The summed E-state index contributed by atoms with van der Waals surface area (Å²) >= 11 is 1.69. The number of nitrogen functional groups attached to an aromatic ring is 1. The first-order valence-corrected chi connectivity index (χ1v) is 8.02. The molecular weight excluding hydrogens is 284 g/mol. The van der Waals surface area contributed by atoms with E-state index in [1.165, 1.54) is 4.90 Å². The van der Waals surface area contributed by atoms with Gasteiger partial charge >= 0.3 is 0 Å². The number of pyridine rings is 1. The predicted molar refractivity (Wildman–Crippen MR) is 87.3 cm³/mol. The van der Waals surface area contributed by atoms with Crippen LogP contribution in [0, 0.1) is 5.92 Å². The van der Waals surface area contributed by atoms with Crippen LogP contribution < -0.4 is 15.2 Å². The lowest BCUT2D eigenvalue weighted by molar-refractivity contribution is 0.260. The van der Waals surface area contributed by atoms with Crippen LogP contribution in [-0.2, 0) is 0 Å². The molecule has 0 aliphatic heterocycles. The van der Waals surface area contributed by atoms with E-state index in [1.807, 2.05) is 30.5 Å². The van der Waals surface area contributed by atoms with Gasteiger partial charge in [-0.3, -0.25) is 0 Å². The zero-order chi connectivity index (χ0) is 15.2. The van der Waals surface area contributed by atoms with Crippen molar-refractivity contribution in [3.05, 3.63) is 36.4 Å². The molecule has 5 heteroatoms. The number of ether oxygens (including phenoxy) is 2. The number of thioether (sulfide) groups is 1. The van der Waals surface area contributed by atoms with Gasteiger partial charge in [0.2, 0.25) is 11.8 Å². The van der Waals surface area contributed by atoms with Crippen LogP contribution >= 0.6 is 11.8 Å². The second kappa shape index (κ2) is 7.22. The Labute approximate surface area is 129 Å². The van der Waals surface area contributed by atoms with Crippen molar-refractivity contribution in [2.45, 2.75) is 18.7 Å². The molecule has 2 rings (SSSR count). The maximum atomic E-state index is 5.86. The molecule has 0 spiro atoms. The lowest BCUT2D eigenvalue weighted by Crippen LogP contribution is -2.07. The first kappa shape index (κ1) is 15.5. The second-order valence-corrected chi connectivity index (χ2v) is 5.91. The fourth-order valence-electron chi connectivity index (χ4n) is 1.62. The summed E-state index contributed by atoms with van der Waals surface area (Å²) in [5.74, 6) is 2.04. The minimum Gasteiger partial charge on any atom is -0.476 e. The largest absolute Gasteiger partial charge is 0.476 e. The minimum absolute atomic E-state index is 0.412. The van der Waals surface area contributed by atoms with E-state index in [9.17, 15) is 0 Å². The Bertz CT molecular complexity index is 585. The third-order valence-electron chi connectivity index (χ3n) is 2.70. The number of rotatable bonds is 6. The molecule has 21 heavy (non-hydrogen) atoms. The van der Waals surface area contributed by atoms with Gasteiger partial charge in [-0.2, -0.15) is 4.98 Å². The predicted octanol–water partition coefficient (Wildman–Crippen LogP) is 4.21. The molecule has 2 aromatic rings. The van der Waals surface area contributed by atoms with Crippen LogP contribution in [0.5, 0.6) is 17.5 Å². The Morgan fingerprint density at radius 3 is 2.48 bits per heavy atom. The summed E-state index contributed by atoms with van der Waals surface area (Å²) in [7, 11) is 0. The van der Waals surface area contributed by atoms with Gasteiger partial charge in [0.05, 0.1) is 12.3 Å². The maximum absolute atomic E-state index is 5.86. The molecule has 0 fully saturated rings. The monoisotopic (exact) mass is 304 g/mol. The van der Waals surface area contributed by atoms with Crippen LogP contribution in [0.25, 0.3) is 0 Å². The Balaban J connectivity index is 2.10. The number of hydrogen-bond acceptors (Lipinski definition) is 5. The highest BCUT2D eigenvalue weighted by Gasteiger charge is 2.07. The SMILES string of the molecule is CSc1ccc(Oc2ccc(N)c(OCC(C)C)n2)cc1. The number of benzene rings is 1. The summed E-state index contributed by atoms with van der Waals surface area (Å²) in [6, 6.07) is 11.3. The zero-order valence-electron chi connectivity index (χ0n) is 12.5. The third-order valence-corrected chi connectivity index (χ3v) is 3.44. The van der Waals surface area contributed by atoms with Crippen molar-refractivity contribution >= 4 is 17.4 Å². The van der Waals surface area contributed by atoms with Crippen LogP contribution in [0.4, 0.5) is 5.69 Å². The molecule has 112 valence electrons. The molecule has 1 heterocycles. The molecule has 0 aliphatic carbocycles. The van der Waals surface area contributed by atoms with Gasteiger partial charge in [0.1, 0.15) is 5.75 Å². The normalized spacial score (nSPS) is 10.7. The summed E-state index contributed by atoms with van der Waals surface area (Å²) in [6.45, 7) is 4.72. The molecular formula is C16H20N2O2S. The van der Waals surface area contributed by atoms with E-state index in [1.54, 1.807) is 23.9 Å². The van der Waals surface area contributed by atoms with Crippen molar-refractivity contribution in [1.29, 1.82) is 0 Å².